The molecule has 152 valence electrons. The molecule has 0 spiro atoms. The van der Waals surface area contributed by atoms with Gasteiger partial charge >= 0.3 is 0 Å². The van der Waals surface area contributed by atoms with E-state index in [4.69, 9.17) is 0 Å². The van der Waals surface area contributed by atoms with Gasteiger partial charge in [0, 0.05) is 29.3 Å². The maximum Gasteiger partial charge on any atom is 0.254 e. The molecule has 2 heterocycles. The Labute approximate surface area is 171 Å². The number of halogens is 1. The van der Waals surface area contributed by atoms with Crippen molar-refractivity contribution in [2.75, 3.05) is 0 Å². The topological polar surface area (TPSA) is 49.4 Å². The number of carbonyl (C=O) groups is 2. The number of benzene rings is 2. The van der Waals surface area contributed by atoms with E-state index in [2.05, 4.69) is 19.2 Å². The standard InChI is InChI=1S/C24H27FN2O2/c1-15(2)16-3-5-18(6-4-16)24(29)27-21-11-12-22(27)14-20(13-21)26-23(28)17-7-9-19(25)10-8-17/h3-10,15,20-22H,11-14H2,1-2H3,(H,26,28)/t20?,21-,22+. The highest BCUT2D eigenvalue weighted by Crippen LogP contribution is 2.37. The highest BCUT2D eigenvalue weighted by molar-refractivity contribution is 5.95. The summed E-state index contributed by atoms with van der Waals surface area (Å²) in [5, 5.41) is 3.08. The summed E-state index contributed by atoms with van der Waals surface area (Å²) < 4.78 is 13.1. The summed E-state index contributed by atoms with van der Waals surface area (Å²) in [4.78, 5) is 27.6. The third kappa shape index (κ3) is 4.04. The fourth-order valence-electron chi connectivity index (χ4n) is 4.66. The highest BCUT2D eigenvalue weighted by atomic mass is 19.1. The smallest absolute Gasteiger partial charge is 0.254 e. The molecule has 0 saturated carbocycles. The molecule has 2 saturated heterocycles. The van der Waals surface area contributed by atoms with Crippen molar-refractivity contribution in [3.05, 3.63) is 71.0 Å². The van der Waals surface area contributed by atoms with Crippen LogP contribution in [0.25, 0.3) is 0 Å². The van der Waals surface area contributed by atoms with Crippen molar-refractivity contribution in [1.29, 1.82) is 0 Å². The van der Waals surface area contributed by atoms with E-state index in [1.165, 1.54) is 29.8 Å². The van der Waals surface area contributed by atoms with Gasteiger partial charge in [0.1, 0.15) is 5.82 Å². The van der Waals surface area contributed by atoms with Crippen molar-refractivity contribution >= 4 is 11.8 Å². The third-order valence-corrected chi connectivity index (χ3v) is 6.23. The number of hydrogen-bond acceptors (Lipinski definition) is 2. The first-order valence-corrected chi connectivity index (χ1v) is 10.4. The van der Waals surface area contributed by atoms with Crippen LogP contribution in [-0.4, -0.2) is 34.8 Å². The Kier molecular flexibility index (Phi) is 5.39. The molecular weight excluding hydrogens is 367 g/mol. The predicted octanol–water partition coefficient (Wildman–Crippen LogP) is 4.51. The Morgan fingerprint density at radius 3 is 2.03 bits per heavy atom. The molecule has 2 aromatic carbocycles. The first kappa shape index (κ1) is 19.6. The Balaban J connectivity index is 1.41. The molecule has 2 aliphatic heterocycles. The Hall–Kier alpha value is -2.69. The van der Waals surface area contributed by atoms with Gasteiger partial charge in [-0.05, 0) is 73.6 Å². The van der Waals surface area contributed by atoms with Gasteiger partial charge in [-0.3, -0.25) is 9.59 Å². The molecule has 4 rings (SSSR count). The summed E-state index contributed by atoms with van der Waals surface area (Å²) in [6.07, 6.45) is 3.48. The maximum atomic E-state index is 13.1. The van der Waals surface area contributed by atoms with Gasteiger partial charge in [-0.2, -0.15) is 0 Å². The lowest BCUT2D eigenvalue weighted by Gasteiger charge is -2.39. The number of carbonyl (C=O) groups excluding carboxylic acids is 2. The molecule has 2 bridgehead atoms. The molecule has 1 N–H and O–H groups in total. The van der Waals surface area contributed by atoms with Crippen molar-refractivity contribution in [2.24, 2.45) is 0 Å². The Bertz CT molecular complexity index is 878. The van der Waals surface area contributed by atoms with Gasteiger partial charge < -0.3 is 10.2 Å². The quantitative estimate of drug-likeness (QED) is 0.829. The number of fused-ring (bicyclic) bond motifs is 2. The molecule has 0 aromatic heterocycles. The summed E-state index contributed by atoms with van der Waals surface area (Å²) in [6.45, 7) is 4.28. The van der Waals surface area contributed by atoms with Crippen LogP contribution in [0.1, 0.15) is 71.7 Å². The van der Waals surface area contributed by atoms with Crippen LogP contribution in [0.2, 0.25) is 0 Å². The molecule has 29 heavy (non-hydrogen) atoms. The number of nitrogens with zero attached hydrogens (tertiary/aromatic N) is 1. The van der Waals surface area contributed by atoms with Crippen LogP contribution in [0.4, 0.5) is 4.39 Å². The largest absolute Gasteiger partial charge is 0.349 e. The van der Waals surface area contributed by atoms with Crippen molar-refractivity contribution in [3.63, 3.8) is 0 Å². The van der Waals surface area contributed by atoms with Crippen LogP contribution in [0.15, 0.2) is 48.5 Å². The van der Waals surface area contributed by atoms with Gasteiger partial charge in [-0.25, -0.2) is 4.39 Å². The van der Waals surface area contributed by atoms with E-state index in [0.717, 1.165) is 31.2 Å². The van der Waals surface area contributed by atoms with Crippen LogP contribution in [0, 0.1) is 5.82 Å². The molecule has 2 aromatic rings. The summed E-state index contributed by atoms with van der Waals surface area (Å²) in [6, 6.07) is 13.9. The van der Waals surface area contributed by atoms with Crippen molar-refractivity contribution in [2.45, 2.75) is 63.6 Å². The SMILES string of the molecule is CC(C)c1ccc(C(=O)N2[C@@H]3CC[C@H]2CC(NC(=O)c2ccc(F)cc2)C3)cc1. The van der Waals surface area contributed by atoms with Crippen LogP contribution in [-0.2, 0) is 0 Å². The lowest BCUT2D eigenvalue weighted by Crippen LogP contribution is -2.52. The number of nitrogens with one attached hydrogen (secondary N) is 1. The summed E-state index contributed by atoms with van der Waals surface area (Å²) in [7, 11) is 0. The van der Waals surface area contributed by atoms with E-state index >= 15 is 0 Å². The van der Waals surface area contributed by atoms with Crippen LogP contribution in [0.3, 0.4) is 0 Å². The van der Waals surface area contributed by atoms with E-state index in [-0.39, 0.29) is 35.8 Å². The second-order valence-electron chi connectivity index (χ2n) is 8.52. The highest BCUT2D eigenvalue weighted by Gasteiger charge is 2.43. The molecule has 0 aliphatic carbocycles. The van der Waals surface area contributed by atoms with Crippen molar-refractivity contribution < 1.29 is 14.0 Å². The minimum atomic E-state index is -0.354. The van der Waals surface area contributed by atoms with Gasteiger partial charge in [-0.15, -0.1) is 0 Å². The second-order valence-corrected chi connectivity index (χ2v) is 8.52. The first-order chi connectivity index (χ1) is 13.9. The minimum absolute atomic E-state index is 0.0393. The monoisotopic (exact) mass is 394 g/mol. The molecular formula is C24H27FN2O2. The zero-order valence-corrected chi connectivity index (χ0v) is 16.9. The second kappa shape index (κ2) is 7.97. The van der Waals surface area contributed by atoms with E-state index in [0.29, 0.717) is 11.5 Å². The zero-order valence-electron chi connectivity index (χ0n) is 16.9. The molecule has 2 amide bonds. The fraction of sp³-hybridized carbons (Fsp3) is 0.417. The summed E-state index contributed by atoms with van der Waals surface area (Å²) in [5.74, 6) is -0.00166. The molecule has 1 unspecified atom stereocenters. The lowest BCUT2D eigenvalue weighted by molar-refractivity contribution is 0.0549. The number of hydrogen-bond donors (Lipinski definition) is 1. The van der Waals surface area contributed by atoms with E-state index < -0.39 is 0 Å². The Morgan fingerprint density at radius 2 is 1.48 bits per heavy atom. The maximum absolute atomic E-state index is 13.1. The van der Waals surface area contributed by atoms with Crippen LogP contribution >= 0.6 is 0 Å². The molecule has 4 nitrogen and oxygen atoms in total. The number of amides is 2. The number of rotatable bonds is 4. The van der Waals surface area contributed by atoms with Crippen LogP contribution < -0.4 is 5.32 Å². The van der Waals surface area contributed by atoms with Crippen LogP contribution in [0.5, 0.6) is 0 Å². The molecule has 5 heteroatoms. The normalized spacial score (nSPS) is 23.3. The van der Waals surface area contributed by atoms with Gasteiger partial charge in [-0.1, -0.05) is 26.0 Å². The zero-order chi connectivity index (χ0) is 20.5. The summed E-state index contributed by atoms with van der Waals surface area (Å²) in [5.41, 5.74) is 2.43. The molecule has 0 radical (unpaired) electrons. The molecule has 3 atom stereocenters. The van der Waals surface area contributed by atoms with Crippen molar-refractivity contribution in [1.82, 2.24) is 10.2 Å². The van der Waals surface area contributed by atoms with Gasteiger partial charge in [0.25, 0.3) is 11.8 Å². The summed E-state index contributed by atoms with van der Waals surface area (Å²) >= 11 is 0. The lowest BCUT2D eigenvalue weighted by atomic mass is 9.95. The van der Waals surface area contributed by atoms with Gasteiger partial charge in [0.15, 0.2) is 0 Å². The third-order valence-electron chi connectivity index (χ3n) is 6.23. The van der Waals surface area contributed by atoms with Crippen molar-refractivity contribution in [3.8, 4) is 0 Å². The average Bonchev–Trinajstić information content (AvgIpc) is 2.98. The van der Waals surface area contributed by atoms with Gasteiger partial charge in [0.2, 0.25) is 0 Å². The van der Waals surface area contributed by atoms with E-state index in [9.17, 15) is 14.0 Å². The first-order valence-electron chi connectivity index (χ1n) is 10.4. The molecule has 2 fully saturated rings. The fourth-order valence-corrected chi connectivity index (χ4v) is 4.66. The molecule has 2 aliphatic rings. The van der Waals surface area contributed by atoms with E-state index in [1.807, 2.05) is 29.2 Å². The Morgan fingerprint density at radius 1 is 0.931 bits per heavy atom. The van der Waals surface area contributed by atoms with E-state index in [1.54, 1.807) is 0 Å². The number of piperidine rings is 1. The predicted molar refractivity (Wildman–Crippen MR) is 110 cm³/mol. The van der Waals surface area contributed by atoms with Gasteiger partial charge in [0.05, 0.1) is 0 Å². The average molecular weight is 394 g/mol. The minimum Gasteiger partial charge on any atom is -0.349 e.